The summed E-state index contributed by atoms with van der Waals surface area (Å²) < 4.78 is 7.74. The molecule has 2 aliphatic heterocycles. The van der Waals surface area contributed by atoms with Crippen molar-refractivity contribution >= 4 is 28.2 Å². The lowest BCUT2D eigenvalue weighted by molar-refractivity contribution is -0.652. The Labute approximate surface area is 120 Å². The zero-order valence-electron chi connectivity index (χ0n) is 10.7. The van der Waals surface area contributed by atoms with Crippen LogP contribution in [0.15, 0.2) is 30.3 Å². The van der Waals surface area contributed by atoms with Gasteiger partial charge in [0.1, 0.15) is 6.54 Å². The van der Waals surface area contributed by atoms with Gasteiger partial charge in [0, 0.05) is 6.42 Å². The van der Waals surface area contributed by atoms with Gasteiger partial charge in [-0.1, -0.05) is 37.3 Å². The topological polar surface area (TPSA) is 41.3 Å². The molecular weight excluding hydrogens is 308 g/mol. The van der Waals surface area contributed by atoms with Gasteiger partial charge in [0.15, 0.2) is 0 Å². The summed E-state index contributed by atoms with van der Waals surface area (Å²) in [7, 11) is 0. The highest BCUT2D eigenvalue weighted by Crippen LogP contribution is 2.39. The monoisotopic (exact) mass is 323 g/mol. The maximum atomic E-state index is 11.8. The SMILES string of the molecule is CC1CC2(OC1=O)C(Br)NC=[N+]2Cc1ccccc1. The number of hydrogen-bond acceptors (Lipinski definition) is 3. The second-order valence-electron chi connectivity index (χ2n) is 5.14. The van der Waals surface area contributed by atoms with Crippen LogP contribution in [0.3, 0.4) is 0 Å². The molecule has 0 aliphatic carbocycles. The summed E-state index contributed by atoms with van der Waals surface area (Å²) in [6, 6.07) is 10.2. The zero-order chi connectivity index (χ0) is 13.5. The molecule has 0 radical (unpaired) electrons. The van der Waals surface area contributed by atoms with Crippen LogP contribution in [0.2, 0.25) is 0 Å². The summed E-state index contributed by atoms with van der Waals surface area (Å²) in [6.07, 6.45) is 2.59. The Bertz CT molecular complexity index is 532. The molecule has 3 atom stereocenters. The third-order valence-corrected chi connectivity index (χ3v) is 4.71. The number of hydrogen-bond donors (Lipinski definition) is 1. The summed E-state index contributed by atoms with van der Waals surface area (Å²) in [5, 5.41) is 3.20. The lowest BCUT2D eigenvalue weighted by atomic mass is 10.0. The van der Waals surface area contributed by atoms with Crippen molar-refractivity contribution in [2.75, 3.05) is 0 Å². The first-order chi connectivity index (χ1) is 9.12. The highest BCUT2D eigenvalue weighted by molar-refractivity contribution is 9.09. The maximum Gasteiger partial charge on any atom is 0.312 e. The second-order valence-corrected chi connectivity index (χ2v) is 6.06. The Hall–Kier alpha value is -1.36. The number of halogens is 1. The molecule has 1 aromatic rings. The Kier molecular flexibility index (Phi) is 3.09. The van der Waals surface area contributed by atoms with E-state index in [1.165, 1.54) is 5.56 Å². The molecule has 0 saturated carbocycles. The third-order valence-electron chi connectivity index (χ3n) is 3.73. The van der Waals surface area contributed by atoms with Gasteiger partial charge in [-0.25, -0.2) is 4.58 Å². The van der Waals surface area contributed by atoms with Crippen LogP contribution in [0.5, 0.6) is 0 Å². The minimum Gasteiger partial charge on any atom is -0.414 e. The molecule has 1 fully saturated rings. The number of carbonyl (C=O) groups is 1. The number of nitrogens with one attached hydrogen (secondary N) is 1. The van der Waals surface area contributed by atoms with E-state index in [0.29, 0.717) is 6.42 Å². The molecule has 3 unspecified atom stereocenters. The van der Waals surface area contributed by atoms with Gasteiger partial charge in [-0.2, -0.15) is 0 Å². The average Bonchev–Trinajstić information content (AvgIpc) is 2.86. The first-order valence-electron chi connectivity index (χ1n) is 6.39. The molecular formula is C14H16BrN2O2+. The molecule has 5 heteroatoms. The van der Waals surface area contributed by atoms with E-state index in [2.05, 4.69) is 38.0 Å². The van der Waals surface area contributed by atoms with E-state index in [4.69, 9.17) is 4.74 Å². The summed E-state index contributed by atoms with van der Waals surface area (Å²) in [4.78, 5) is 11.7. The van der Waals surface area contributed by atoms with Crippen molar-refractivity contribution in [2.45, 2.75) is 30.6 Å². The first-order valence-corrected chi connectivity index (χ1v) is 7.30. The summed E-state index contributed by atoms with van der Waals surface area (Å²) in [6.45, 7) is 2.63. The fraction of sp³-hybridized carbons (Fsp3) is 0.429. The van der Waals surface area contributed by atoms with Crippen LogP contribution in [0.1, 0.15) is 18.9 Å². The van der Waals surface area contributed by atoms with Crippen LogP contribution in [0.25, 0.3) is 0 Å². The standard InChI is InChI=1S/C14H15BrN2O2/c1-10-7-14(19-12(10)18)13(15)16-9-17(14)8-11-5-3-2-4-6-11/h2-6,9-10,13H,7-8H2,1H3/p+1. The molecule has 1 N–H and O–H groups in total. The summed E-state index contributed by atoms with van der Waals surface area (Å²) in [5.74, 6) is -0.189. The Morgan fingerprint density at radius 1 is 1.47 bits per heavy atom. The zero-order valence-corrected chi connectivity index (χ0v) is 12.3. The molecule has 0 aromatic heterocycles. The Morgan fingerprint density at radius 3 is 2.84 bits per heavy atom. The third kappa shape index (κ3) is 2.06. The molecule has 0 amide bonds. The van der Waals surface area contributed by atoms with Crippen molar-refractivity contribution in [2.24, 2.45) is 5.92 Å². The Morgan fingerprint density at radius 2 is 2.21 bits per heavy atom. The number of esters is 1. The smallest absolute Gasteiger partial charge is 0.312 e. The van der Waals surface area contributed by atoms with Crippen LogP contribution in [-0.2, 0) is 16.1 Å². The minimum absolute atomic E-state index is 0.0633. The van der Waals surface area contributed by atoms with E-state index in [1.807, 2.05) is 31.5 Å². The summed E-state index contributed by atoms with van der Waals surface area (Å²) >= 11 is 3.57. The van der Waals surface area contributed by atoms with Crippen molar-refractivity contribution in [1.82, 2.24) is 5.32 Å². The molecule has 2 aliphatic rings. The highest BCUT2D eigenvalue weighted by Gasteiger charge is 2.60. The number of rotatable bonds is 2. The van der Waals surface area contributed by atoms with Gasteiger partial charge in [-0.3, -0.25) is 10.1 Å². The van der Waals surface area contributed by atoms with Gasteiger partial charge < -0.3 is 4.74 Å². The highest BCUT2D eigenvalue weighted by atomic mass is 79.9. The predicted molar refractivity (Wildman–Crippen MR) is 74.9 cm³/mol. The van der Waals surface area contributed by atoms with Gasteiger partial charge in [0.25, 0.3) is 0 Å². The van der Waals surface area contributed by atoms with Crippen LogP contribution in [-0.4, -0.2) is 27.6 Å². The lowest BCUT2D eigenvalue weighted by Gasteiger charge is -2.24. The first kappa shape index (κ1) is 12.7. The van der Waals surface area contributed by atoms with Crippen LogP contribution in [0, 0.1) is 5.92 Å². The molecule has 1 saturated heterocycles. The molecule has 3 rings (SSSR count). The van der Waals surface area contributed by atoms with Gasteiger partial charge in [0.05, 0.1) is 5.92 Å². The molecule has 1 spiro atoms. The largest absolute Gasteiger partial charge is 0.414 e. The molecule has 1 aromatic carbocycles. The number of benzene rings is 1. The summed E-state index contributed by atoms with van der Waals surface area (Å²) in [5.41, 5.74) is 0.587. The van der Waals surface area contributed by atoms with E-state index < -0.39 is 5.72 Å². The van der Waals surface area contributed by atoms with Crippen LogP contribution < -0.4 is 5.32 Å². The van der Waals surface area contributed by atoms with Gasteiger partial charge in [0.2, 0.25) is 11.3 Å². The van der Waals surface area contributed by atoms with Gasteiger partial charge >= 0.3 is 11.7 Å². The van der Waals surface area contributed by atoms with Crippen molar-refractivity contribution in [1.29, 1.82) is 0 Å². The fourth-order valence-corrected chi connectivity index (χ4v) is 3.33. The quantitative estimate of drug-likeness (QED) is 0.391. The number of alkyl halides is 1. The number of ether oxygens (including phenoxy) is 1. The van der Waals surface area contributed by atoms with Gasteiger partial charge in [-0.05, 0) is 21.5 Å². The molecule has 19 heavy (non-hydrogen) atoms. The Balaban J connectivity index is 1.87. The van der Waals surface area contributed by atoms with E-state index in [0.717, 1.165) is 6.54 Å². The fourth-order valence-electron chi connectivity index (χ4n) is 2.67. The number of carbonyl (C=O) groups excluding carboxylic acids is 1. The lowest BCUT2D eigenvalue weighted by Crippen LogP contribution is -2.47. The van der Waals surface area contributed by atoms with E-state index in [9.17, 15) is 4.79 Å². The van der Waals surface area contributed by atoms with Crippen molar-refractivity contribution in [3.63, 3.8) is 0 Å². The van der Waals surface area contributed by atoms with Crippen molar-refractivity contribution < 1.29 is 14.1 Å². The van der Waals surface area contributed by atoms with Crippen LogP contribution >= 0.6 is 15.9 Å². The van der Waals surface area contributed by atoms with Crippen LogP contribution in [0.4, 0.5) is 0 Å². The minimum atomic E-state index is -0.605. The molecule has 4 nitrogen and oxygen atoms in total. The number of nitrogens with zero attached hydrogens (tertiary/aromatic N) is 1. The van der Waals surface area contributed by atoms with Gasteiger partial charge in [-0.15, -0.1) is 0 Å². The van der Waals surface area contributed by atoms with E-state index in [-0.39, 0.29) is 16.8 Å². The molecule has 0 bridgehead atoms. The second kappa shape index (κ2) is 4.63. The average molecular weight is 324 g/mol. The molecule has 2 heterocycles. The van der Waals surface area contributed by atoms with E-state index >= 15 is 0 Å². The van der Waals surface area contributed by atoms with Crippen molar-refractivity contribution in [3.8, 4) is 0 Å². The maximum absolute atomic E-state index is 11.8. The van der Waals surface area contributed by atoms with E-state index in [1.54, 1.807) is 0 Å². The van der Waals surface area contributed by atoms with Crippen molar-refractivity contribution in [3.05, 3.63) is 35.9 Å². The molecule has 100 valence electrons. The normalized spacial score (nSPS) is 33.2. The predicted octanol–water partition coefficient (Wildman–Crippen LogP) is 1.83.